The first-order chi connectivity index (χ1) is 12.7. The van der Waals surface area contributed by atoms with E-state index in [1.165, 1.54) is 57.4 Å². The smallest absolute Gasteiger partial charge is 0.0869 e. The van der Waals surface area contributed by atoms with E-state index in [0.717, 1.165) is 5.00 Å². The van der Waals surface area contributed by atoms with Crippen LogP contribution >= 0.6 is 22.7 Å². The van der Waals surface area contributed by atoms with Crippen LogP contribution in [0.3, 0.4) is 0 Å². The molecule has 2 N–H and O–H groups in total. The highest BCUT2D eigenvalue weighted by Crippen LogP contribution is 2.40. The van der Waals surface area contributed by atoms with Gasteiger partial charge in [-0.2, -0.15) is 0 Å². The molecule has 0 spiro atoms. The molecule has 3 heteroatoms. The highest BCUT2D eigenvalue weighted by molar-refractivity contribution is 7.23. The van der Waals surface area contributed by atoms with Crippen LogP contribution in [0.15, 0.2) is 60.7 Å². The van der Waals surface area contributed by atoms with Gasteiger partial charge in [-0.3, -0.25) is 0 Å². The maximum atomic E-state index is 6.04. The zero-order valence-electron chi connectivity index (χ0n) is 14.2. The monoisotopic (exact) mass is 369 g/mol. The summed E-state index contributed by atoms with van der Waals surface area (Å²) in [7, 11) is 0. The fraction of sp³-hybridized carbons (Fsp3) is 0.0435. The molecule has 0 atom stereocenters. The average Bonchev–Trinajstić information content (AvgIpc) is 3.21. The van der Waals surface area contributed by atoms with Crippen LogP contribution in [0.2, 0.25) is 0 Å². The quantitative estimate of drug-likeness (QED) is 0.276. The molecule has 0 amide bonds. The molecule has 0 aliphatic carbocycles. The third kappa shape index (κ3) is 1.84. The van der Waals surface area contributed by atoms with Crippen LogP contribution in [-0.4, -0.2) is 0 Å². The van der Waals surface area contributed by atoms with Gasteiger partial charge in [-0.05, 0) is 51.4 Å². The van der Waals surface area contributed by atoms with E-state index in [1.54, 1.807) is 11.3 Å². The van der Waals surface area contributed by atoms with Gasteiger partial charge in [0.2, 0.25) is 0 Å². The van der Waals surface area contributed by atoms with E-state index in [2.05, 4.69) is 67.6 Å². The molecule has 6 aromatic rings. The van der Waals surface area contributed by atoms with Crippen molar-refractivity contribution in [3.63, 3.8) is 0 Å². The van der Waals surface area contributed by atoms with Gasteiger partial charge >= 0.3 is 0 Å². The predicted molar refractivity (Wildman–Crippen MR) is 119 cm³/mol. The van der Waals surface area contributed by atoms with Gasteiger partial charge in [0.15, 0.2) is 0 Å². The number of hydrogen-bond acceptors (Lipinski definition) is 3. The molecule has 0 radical (unpaired) electrons. The molecular formula is C23H15NS2. The number of nitrogen functional groups attached to an aromatic ring is 1. The molecule has 26 heavy (non-hydrogen) atoms. The van der Waals surface area contributed by atoms with Gasteiger partial charge in [-0.1, -0.05) is 48.5 Å². The molecule has 0 saturated heterocycles. The minimum atomic E-state index is 0.876. The van der Waals surface area contributed by atoms with Crippen LogP contribution < -0.4 is 5.73 Å². The van der Waals surface area contributed by atoms with Gasteiger partial charge < -0.3 is 5.73 Å². The Balaban J connectivity index is 1.81. The predicted octanol–water partition coefficient (Wildman–Crippen LogP) is 7.47. The number of benzene rings is 4. The number of fused-ring (bicyclic) bond motifs is 9. The van der Waals surface area contributed by atoms with Gasteiger partial charge in [-0.15, -0.1) is 22.7 Å². The van der Waals surface area contributed by atoms with Crippen molar-refractivity contribution < 1.29 is 0 Å². The second-order valence-corrected chi connectivity index (χ2v) is 9.23. The van der Waals surface area contributed by atoms with Crippen LogP contribution in [-0.2, 0) is 0 Å². The van der Waals surface area contributed by atoms with Gasteiger partial charge in [0.25, 0.3) is 0 Å². The molecule has 4 aromatic carbocycles. The zero-order chi connectivity index (χ0) is 17.4. The Morgan fingerprint density at radius 2 is 1.04 bits per heavy atom. The van der Waals surface area contributed by atoms with Crippen molar-refractivity contribution in [2.75, 3.05) is 5.73 Å². The molecule has 0 bridgehead atoms. The summed E-state index contributed by atoms with van der Waals surface area (Å²) in [4.78, 5) is 1.36. The van der Waals surface area contributed by atoms with E-state index in [-0.39, 0.29) is 0 Å². The van der Waals surface area contributed by atoms with Crippen molar-refractivity contribution in [3.8, 4) is 0 Å². The van der Waals surface area contributed by atoms with E-state index in [4.69, 9.17) is 5.73 Å². The van der Waals surface area contributed by atoms with Crippen LogP contribution in [0, 0.1) is 6.92 Å². The highest BCUT2D eigenvalue weighted by Gasteiger charge is 2.11. The largest absolute Gasteiger partial charge is 0.391 e. The van der Waals surface area contributed by atoms with E-state index in [9.17, 15) is 0 Å². The Labute approximate surface area is 158 Å². The molecule has 0 aliphatic heterocycles. The Bertz CT molecular complexity index is 1390. The third-order valence-corrected chi connectivity index (χ3v) is 7.41. The fourth-order valence-corrected chi connectivity index (χ4v) is 6.18. The van der Waals surface area contributed by atoms with Crippen molar-refractivity contribution in [2.24, 2.45) is 0 Å². The van der Waals surface area contributed by atoms with E-state index < -0.39 is 0 Å². The molecule has 124 valence electrons. The SMILES string of the molecule is Cc1cc2ccc3c4ccc5c(ccc6cc(N)sc65)c4ccc3c2s1. The van der Waals surface area contributed by atoms with Crippen molar-refractivity contribution in [2.45, 2.75) is 6.92 Å². The number of aryl methyl sites for hydroxylation is 1. The molecule has 0 unspecified atom stereocenters. The lowest BCUT2D eigenvalue weighted by molar-refractivity contribution is 1.66. The first kappa shape index (κ1) is 14.5. The first-order valence-corrected chi connectivity index (χ1v) is 10.3. The molecule has 2 aromatic heterocycles. The minimum absolute atomic E-state index is 0.876. The van der Waals surface area contributed by atoms with E-state index >= 15 is 0 Å². The lowest BCUT2D eigenvalue weighted by Crippen LogP contribution is -1.81. The normalized spacial score (nSPS) is 12.2. The Morgan fingerprint density at radius 3 is 1.69 bits per heavy atom. The van der Waals surface area contributed by atoms with Crippen molar-refractivity contribution in [1.29, 1.82) is 0 Å². The Kier molecular flexibility index (Phi) is 2.78. The van der Waals surface area contributed by atoms with Crippen LogP contribution in [0.5, 0.6) is 0 Å². The summed E-state index contributed by atoms with van der Waals surface area (Å²) >= 11 is 3.56. The number of thiophene rings is 2. The third-order valence-electron chi connectivity index (χ3n) is 5.30. The first-order valence-electron chi connectivity index (χ1n) is 8.65. The van der Waals surface area contributed by atoms with Crippen molar-refractivity contribution in [3.05, 3.63) is 65.5 Å². The fourth-order valence-electron chi connectivity index (χ4n) is 4.18. The molecule has 2 heterocycles. The average molecular weight is 370 g/mol. The number of rotatable bonds is 0. The molecule has 6 rings (SSSR count). The van der Waals surface area contributed by atoms with E-state index in [1.807, 2.05) is 11.3 Å². The second kappa shape index (κ2) is 4.97. The van der Waals surface area contributed by atoms with E-state index in [0.29, 0.717) is 0 Å². The molecule has 1 nitrogen and oxygen atoms in total. The van der Waals surface area contributed by atoms with Crippen LogP contribution in [0.1, 0.15) is 4.88 Å². The maximum Gasteiger partial charge on any atom is 0.0869 e. The lowest BCUT2D eigenvalue weighted by atomic mass is 9.96. The summed E-state index contributed by atoms with van der Waals surface area (Å²) in [6.07, 6.45) is 0. The summed E-state index contributed by atoms with van der Waals surface area (Å²) in [5.41, 5.74) is 6.04. The van der Waals surface area contributed by atoms with Crippen molar-refractivity contribution >= 4 is 80.2 Å². The van der Waals surface area contributed by atoms with Gasteiger partial charge in [0.1, 0.15) is 0 Å². The summed E-state index contributed by atoms with van der Waals surface area (Å²) in [6, 6.07) is 22.4. The van der Waals surface area contributed by atoms with Gasteiger partial charge in [0, 0.05) is 25.0 Å². The zero-order valence-corrected chi connectivity index (χ0v) is 15.8. The summed E-state index contributed by atoms with van der Waals surface area (Å²) in [5.74, 6) is 0. The van der Waals surface area contributed by atoms with Gasteiger partial charge in [-0.25, -0.2) is 0 Å². The van der Waals surface area contributed by atoms with Crippen molar-refractivity contribution in [1.82, 2.24) is 0 Å². The summed E-state index contributed by atoms with van der Waals surface area (Å²) < 4.78 is 2.68. The minimum Gasteiger partial charge on any atom is -0.391 e. The highest BCUT2D eigenvalue weighted by atomic mass is 32.1. The molecule has 0 aliphatic rings. The second-order valence-electron chi connectivity index (χ2n) is 6.89. The lowest BCUT2D eigenvalue weighted by Gasteiger charge is -2.09. The number of hydrogen-bond donors (Lipinski definition) is 1. The molecular weight excluding hydrogens is 354 g/mol. The Morgan fingerprint density at radius 1 is 0.577 bits per heavy atom. The molecule has 0 fully saturated rings. The summed E-state index contributed by atoms with van der Waals surface area (Å²) in [5, 5.41) is 11.4. The number of anilines is 1. The standard InChI is InChI=1S/C23H15NS2/c1-12-10-13-2-4-17-15-7-9-20-18(5-3-14-11-21(24)26-23(14)20)16(15)6-8-19(17)22(13)25-12/h2-11H,24H2,1H3. The maximum absolute atomic E-state index is 6.04. The topological polar surface area (TPSA) is 26.0 Å². The number of nitrogens with two attached hydrogens (primary N) is 1. The van der Waals surface area contributed by atoms with Crippen LogP contribution in [0.4, 0.5) is 5.00 Å². The summed E-state index contributed by atoms with van der Waals surface area (Å²) in [6.45, 7) is 2.18. The van der Waals surface area contributed by atoms with Crippen LogP contribution in [0.25, 0.3) is 52.5 Å². The Hall–Kier alpha value is -2.62. The molecule has 0 saturated carbocycles. The van der Waals surface area contributed by atoms with Gasteiger partial charge in [0.05, 0.1) is 5.00 Å².